The molecule has 0 bridgehead atoms. The van der Waals surface area contributed by atoms with Gasteiger partial charge < -0.3 is 4.42 Å². The summed E-state index contributed by atoms with van der Waals surface area (Å²) >= 11 is 14.1. The van der Waals surface area contributed by atoms with E-state index in [9.17, 15) is 4.79 Å². The number of fused-ring (bicyclic) bond motifs is 1. The molecule has 124 valence electrons. The van der Waals surface area contributed by atoms with E-state index in [1.54, 1.807) is 18.2 Å². The molecule has 4 aromatic rings. The van der Waals surface area contributed by atoms with Gasteiger partial charge in [-0.1, -0.05) is 39.7 Å². The topological polar surface area (TPSA) is 43.1 Å². The maximum absolute atomic E-state index is 12.7. The maximum Gasteiger partial charge on any atom is 0.256 e. The number of hydrogen-bond acceptors (Lipinski definition) is 4. The van der Waals surface area contributed by atoms with Crippen molar-refractivity contribution in [1.82, 2.24) is 4.98 Å². The van der Waals surface area contributed by atoms with Gasteiger partial charge in [0.05, 0.1) is 10.2 Å². The van der Waals surface area contributed by atoms with Crippen LogP contribution in [0.25, 0.3) is 22.2 Å². The van der Waals surface area contributed by atoms with Gasteiger partial charge in [0.1, 0.15) is 5.58 Å². The van der Waals surface area contributed by atoms with Crippen LogP contribution in [0.4, 0.5) is 0 Å². The third-order valence-corrected chi connectivity index (χ3v) is 5.74. The number of carbonyl (C=O) groups excluding carboxylic acids is 1. The molecule has 2 aromatic carbocycles. The molecular weight excluding hydrogens is 490 g/mol. The van der Waals surface area contributed by atoms with Crippen LogP contribution in [0.5, 0.6) is 0 Å². The van der Waals surface area contributed by atoms with Crippen LogP contribution in [-0.2, 0) is 0 Å². The zero-order valence-corrected chi connectivity index (χ0v) is 17.2. The molecule has 0 radical (unpaired) electrons. The fourth-order valence-electron chi connectivity index (χ4n) is 2.42. The number of benzene rings is 2. The molecule has 0 saturated carbocycles. The average Bonchev–Trinajstić information content (AvgIpc) is 3.22. The van der Waals surface area contributed by atoms with Crippen LogP contribution in [0.3, 0.4) is 0 Å². The van der Waals surface area contributed by atoms with Crippen molar-refractivity contribution in [3.05, 3.63) is 72.6 Å². The van der Waals surface area contributed by atoms with E-state index in [0.29, 0.717) is 15.6 Å². The highest BCUT2D eigenvalue weighted by Gasteiger charge is 2.20. The van der Waals surface area contributed by atoms with Gasteiger partial charge >= 0.3 is 0 Å². The number of ketones is 1. The van der Waals surface area contributed by atoms with E-state index in [1.807, 2.05) is 29.6 Å². The number of aromatic nitrogens is 1. The lowest BCUT2D eigenvalue weighted by atomic mass is 10.2. The summed E-state index contributed by atoms with van der Waals surface area (Å²) in [4.78, 5) is 17.2. The lowest BCUT2D eigenvalue weighted by Crippen LogP contribution is -1.98. The first-order chi connectivity index (χ1) is 12.0. The second-order valence-corrected chi connectivity index (χ2v) is 8.36. The molecule has 2 heterocycles. The van der Waals surface area contributed by atoms with Crippen molar-refractivity contribution in [2.45, 2.75) is 0 Å². The van der Waals surface area contributed by atoms with Crippen LogP contribution in [0.1, 0.15) is 15.6 Å². The van der Waals surface area contributed by atoms with Gasteiger partial charge in [0.2, 0.25) is 0 Å². The molecular formula is C18H8Br2ClNO2S. The first kappa shape index (κ1) is 17.0. The van der Waals surface area contributed by atoms with Gasteiger partial charge in [0, 0.05) is 25.8 Å². The fourth-order valence-corrected chi connectivity index (χ4v) is 4.66. The highest BCUT2D eigenvalue weighted by Crippen LogP contribution is 2.32. The van der Waals surface area contributed by atoms with Gasteiger partial charge in [-0.2, -0.15) is 0 Å². The smallest absolute Gasteiger partial charge is 0.256 e. The molecule has 0 fully saturated rings. The summed E-state index contributed by atoms with van der Waals surface area (Å²) in [6.45, 7) is 0. The van der Waals surface area contributed by atoms with Crippen molar-refractivity contribution in [2.75, 3.05) is 0 Å². The molecule has 2 aromatic heterocycles. The number of carbonyl (C=O) groups is 1. The Kier molecular flexibility index (Phi) is 4.54. The van der Waals surface area contributed by atoms with E-state index in [1.165, 1.54) is 11.3 Å². The number of halogens is 3. The summed E-state index contributed by atoms with van der Waals surface area (Å²) in [7, 11) is 0. The Morgan fingerprint density at radius 1 is 1.12 bits per heavy atom. The Hall–Kier alpha value is -1.47. The van der Waals surface area contributed by atoms with E-state index in [-0.39, 0.29) is 11.5 Å². The summed E-state index contributed by atoms with van der Waals surface area (Å²) in [6.07, 6.45) is 0. The monoisotopic (exact) mass is 495 g/mol. The number of rotatable bonds is 3. The zero-order chi connectivity index (χ0) is 17.6. The molecule has 0 unspecified atom stereocenters. The standard InChI is InChI=1S/C18H8Br2ClNO2S/c19-11-5-10-6-15(24-17(10)13(20)7-11)16(23)18-22-14(8-25-18)9-1-3-12(21)4-2-9/h1-8H. The molecule has 0 spiro atoms. The van der Waals surface area contributed by atoms with Gasteiger partial charge in [-0.05, 0) is 46.3 Å². The van der Waals surface area contributed by atoms with E-state index in [2.05, 4.69) is 36.8 Å². The SMILES string of the molecule is O=C(c1cc2cc(Br)cc(Br)c2o1)c1nc(-c2ccc(Cl)cc2)cs1. The first-order valence-corrected chi connectivity index (χ1v) is 10.0. The van der Waals surface area contributed by atoms with Gasteiger partial charge in [0.15, 0.2) is 10.8 Å². The Bertz CT molecular complexity index is 1100. The Morgan fingerprint density at radius 2 is 1.88 bits per heavy atom. The van der Waals surface area contributed by atoms with Gasteiger partial charge in [-0.15, -0.1) is 11.3 Å². The second-order valence-electron chi connectivity index (χ2n) is 5.29. The first-order valence-electron chi connectivity index (χ1n) is 7.16. The summed E-state index contributed by atoms with van der Waals surface area (Å²) < 4.78 is 7.43. The minimum absolute atomic E-state index is 0.232. The molecule has 0 saturated heterocycles. The minimum Gasteiger partial charge on any atom is -0.451 e. The molecule has 0 N–H and O–H groups in total. The van der Waals surface area contributed by atoms with Crippen molar-refractivity contribution < 1.29 is 9.21 Å². The Morgan fingerprint density at radius 3 is 2.64 bits per heavy atom. The van der Waals surface area contributed by atoms with E-state index >= 15 is 0 Å². The van der Waals surface area contributed by atoms with Crippen LogP contribution < -0.4 is 0 Å². The van der Waals surface area contributed by atoms with Gasteiger partial charge in [0.25, 0.3) is 5.78 Å². The molecule has 7 heteroatoms. The van der Waals surface area contributed by atoms with Crippen molar-refractivity contribution in [3.8, 4) is 11.3 Å². The van der Waals surface area contributed by atoms with Crippen LogP contribution in [0.2, 0.25) is 5.02 Å². The second kappa shape index (κ2) is 6.68. The molecule has 0 aliphatic rings. The van der Waals surface area contributed by atoms with Crippen molar-refractivity contribution in [2.24, 2.45) is 0 Å². The summed E-state index contributed by atoms with van der Waals surface area (Å²) in [5.41, 5.74) is 2.29. The minimum atomic E-state index is -0.232. The largest absolute Gasteiger partial charge is 0.451 e. The predicted molar refractivity (Wildman–Crippen MR) is 108 cm³/mol. The lowest BCUT2D eigenvalue weighted by molar-refractivity contribution is 0.101. The molecule has 25 heavy (non-hydrogen) atoms. The van der Waals surface area contributed by atoms with E-state index in [0.717, 1.165) is 25.6 Å². The Labute approximate surface area is 168 Å². The van der Waals surface area contributed by atoms with Crippen LogP contribution in [0, 0.1) is 0 Å². The summed E-state index contributed by atoms with van der Waals surface area (Å²) in [6, 6.07) is 12.9. The maximum atomic E-state index is 12.7. The highest BCUT2D eigenvalue weighted by atomic mass is 79.9. The Balaban J connectivity index is 1.70. The van der Waals surface area contributed by atoms with Gasteiger partial charge in [-0.3, -0.25) is 4.79 Å². The summed E-state index contributed by atoms with van der Waals surface area (Å²) in [5, 5.41) is 3.75. The lowest BCUT2D eigenvalue weighted by Gasteiger charge is -1.96. The zero-order valence-electron chi connectivity index (χ0n) is 12.4. The number of furan rings is 1. The normalized spacial score (nSPS) is 11.2. The molecule has 0 amide bonds. The van der Waals surface area contributed by atoms with E-state index < -0.39 is 0 Å². The molecule has 4 rings (SSSR count). The fraction of sp³-hybridized carbons (Fsp3) is 0. The third-order valence-electron chi connectivity index (χ3n) is 3.60. The van der Waals surface area contributed by atoms with Gasteiger partial charge in [-0.25, -0.2) is 4.98 Å². The van der Waals surface area contributed by atoms with E-state index in [4.69, 9.17) is 16.0 Å². The molecule has 0 aliphatic heterocycles. The van der Waals surface area contributed by atoms with Crippen molar-refractivity contribution in [1.29, 1.82) is 0 Å². The highest BCUT2D eigenvalue weighted by molar-refractivity contribution is 9.11. The average molecular weight is 498 g/mol. The van der Waals surface area contributed by atoms with Crippen LogP contribution in [-0.4, -0.2) is 10.8 Å². The molecule has 0 atom stereocenters. The predicted octanol–water partition coefficient (Wildman–Crippen LogP) is 6.97. The van der Waals surface area contributed by atoms with Crippen LogP contribution >= 0.6 is 54.8 Å². The quantitative estimate of drug-likeness (QED) is 0.287. The molecule has 3 nitrogen and oxygen atoms in total. The van der Waals surface area contributed by atoms with Crippen molar-refractivity contribution >= 4 is 71.6 Å². The van der Waals surface area contributed by atoms with Crippen molar-refractivity contribution in [3.63, 3.8) is 0 Å². The summed E-state index contributed by atoms with van der Waals surface area (Å²) in [5.74, 6) is 0.0373. The number of hydrogen-bond donors (Lipinski definition) is 0. The number of nitrogens with zero attached hydrogens (tertiary/aromatic N) is 1. The van der Waals surface area contributed by atoms with Crippen LogP contribution in [0.15, 0.2) is 61.2 Å². The third kappa shape index (κ3) is 3.31. The number of thiazole rings is 1. The molecule has 0 aliphatic carbocycles.